The molecule has 0 aliphatic carbocycles. The summed E-state index contributed by atoms with van der Waals surface area (Å²) < 4.78 is 0. The van der Waals surface area contributed by atoms with Gasteiger partial charge in [0.1, 0.15) is 0 Å². The van der Waals surface area contributed by atoms with Gasteiger partial charge in [-0.25, -0.2) is 0 Å². The van der Waals surface area contributed by atoms with Crippen LogP contribution in [0.1, 0.15) is 23.6 Å². The Labute approximate surface area is 118 Å². The number of hydroxylamine groups is 1. The summed E-state index contributed by atoms with van der Waals surface area (Å²) >= 11 is 0. The maximum Gasteiger partial charge on any atom is 0.157 e. The normalized spacial score (nSPS) is 12.4. The SMILES string of the molecule is O=C(/C=C/c1ccccc1)CC(NO)c1ccccc1. The first-order valence-electron chi connectivity index (χ1n) is 6.50. The number of hydrogen-bond acceptors (Lipinski definition) is 3. The van der Waals surface area contributed by atoms with Gasteiger partial charge in [-0.3, -0.25) is 4.79 Å². The molecule has 2 rings (SSSR count). The van der Waals surface area contributed by atoms with Crippen molar-refractivity contribution >= 4 is 11.9 Å². The molecular weight excluding hydrogens is 250 g/mol. The van der Waals surface area contributed by atoms with E-state index in [9.17, 15) is 10.0 Å². The third kappa shape index (κ3) is 4.16. The second-order valence-corrected chi connectivity index (χ2v) is 4.51. The number of allylic oxidation sites excluding steroid dienone is 1. The molecule has 3 nitrogen and oxygen atoms in total. The van der Waals surface area contributed by atoms with Crippen LogP contribution in [0.2, 0.25) is 0 Å². The Kier molecular flexibility index (Phi) is 5.24. The van der Waals surface area contributed by atoms with E-state index in [1.165, 1.54) is 0 Å². The summed E-state index contributed by atoms with van der Waals surface area (Å²) in [5.41, 5.74) is 4.06. The molecule has 0 spiro atoms. The highest BCUT2D eigenvalue weighted by molar-refractivity contribution is 5.94. The molecule has 3 heteroatoms. The maximum absolute atomic E-state index is 11.9. The lowest BCUT2D eigenvalue weighted by Gasteiger charge is -2.13. The summed E-state index contributed by atoms with van der Waals surface area (Å²) in [7, 11) is 0. The van der Waals surface area contributed by atoms with Gasteiger partial charge in [-0.05, 0) is 17.2 Å². The largest absolute Gasteiger partial charge is 0.316 e. The van der Waals surface area contributed by atoms with Crippen LogP contribution in [-0.4, -0.2) is 11.0 Å². The highest BCUT2D eigenvalue weighted by Gasteiger charge is 2.12. The molecule has 0 saturated heterocycles. The molecule has 1 atom stereocenters. The summed E-state index contributed by atoms with van der Waals surface area (Å²) in [5, 5.41) is 9.19. The molecule has 0 saturated carbocycles. The van der Waals surface area contributed by atoms with E-state index in [4.69, 9.17) is 0 Å². The van der Waals surface area contributed by atoms with Gasteiger partial charge in [0.25, 0.3) is 0 Å². The first-order chi connectivity index (χ1) is 9.79. The van der Waals surface area contributed by atoms with E-state index >= 15 is 0 Å². The van der Waals surface area contributed by atoms with Crippen LogP contribution in [-0.2, 0) is 4.79 Å². The van der Waals surface area contributed by atoms with E-state index in [1.54, 1.807) is 12.2 Å². The second-order valence-electron chi connectivity index (χ2n) is 4.51. The number of carbonyl (C=O) groups excluding carboxylic acids is 1. The second kappa shape index (κ2) is 7.38. The fraction of sp³-hybridized carbons (Fsp3) is 0.118. The topological polar surface area (TPSA) is 49.3 Å². The summed E-state index contributed by atoms with van der Waals surface area (Å²) in [6, 6.07) is 18.7. The summed E-state index contributed by atoms with van der Waals surface area (Å²) in [6.07, 6.45) is 3.54. The zero-order chi connectivity index (χ0) is 14.2. The number of carbonyl (C=O) groups is 1. The molecular formula is C17H17NO2. The molecule has 0 amide bonds. The zero-order valence-electron chi connectivity index (χ0n) is 11.1. The molecule has 20 heavy (non-hydrogen) atoms. The third-order valence-corrected chi connectivity index (χ3v) is 3.02. The van der Waals surface area contributed by atoms with E-state index in [-0.39, 0.29) is 18.2 Å². The number of rotatable bonds is 6. The van der Waals surface area contributed by atoms with Crippen LogP contribution in [0.3, 0.4) is 0 Å². The average Bonchev–Trinajstić information content (AvgIpc) is 2.52. The van der Waals surface area contributed by atoms with E-state index < -0.39 is 0 Å². The van der Waals surface area contributed by atoms with Crippen molar-refractivity contribution in [3.05, 3.63) is 77.9 Å². The molecule has 2 N–H and O–H groups in total. The Morgan fingerprint density at radius 1 is 1.05 bits per heavy atom. The molecule has 102 valence electrons. The number of ketones is 1. The van der Waals surface area contributed by atoms with Gasteiger partial charge < -0.3 is 5.21 Å². The Balaban J connectivity index is 1.98. The molecule has 0 aliphatic rings. The molecule has 0 aliphatic heterocycles. The molecule has 0 heterocycles. The van der Waals surface area contributed by atoms with Crippen LogP contribution in [0, 0.1) is 0 Å². The minimum atomic E-state index is -0.385. The lowest BCUT2D eigenvalue weighted by atomic mass is 10.0. The zero-order valence-corrected chi connectivity index (χ0v) is 11.1. The smallest absolute Gasteiger partial charge is 0.157 e. The van der Waals surface area contributed by atoms with Gasteiger partial charge in [0.05, 0.1) is 6.04 Å². The van der Waals surface area contributed by atoms with Crippen molar-refractivity contribution in [1.82, 2.24) is 5.48 Å². The van der Waals surface area contributed by atoms with Crippen LogP contribution in [0.5, 0.6) is 0 Å². The number of hydrogen-bond donors (Lipinski definition) is 2. The van der Waals surface area contributed by atoms with Gasteiger partial charge in [0.15, 0.2) is 5.78 Å². The predicted molar refractivity (Wildman–Crippen MR) is 79.2 cm³/mol. The Bertz CT molecular complexity index is 564. The standard InChI is InChI=1S/C17H17NO2/c19-16(12-11-14-7-3-1-4-8-14)13-17(18-20)15-9-5-2-6-10-15/h1-12,17-18,20H,13H2/b12-11+. The first kappa shape index (κ1) is 14.2. The summed E-state index contributed by atoms with van der Waals surface area (Å²) in [4.78, 5) is 11.9. The van der Waals surface area contributed by atoms with Crippen molar-refractivity contribution < 1.29 is 10.0 Å². The summed E-state index contributed by atoms with van der Waals surface area (Å²) in [5.74, 6) is -0.0377. The lowest BCUT2D eigenvalue weighted by Crippen LogP contribution is -2.19. The third-order valence-electron chi connectivity index (χ3n) is 3.02. The predicted octanol–water partition coefficient (Wildman–Crippen LogP) is 3.38. The fourth-order valence-electron chi connectivity index (χ4n) is 1.95. The Morgan fingerprint density at radius 3 is 2.25 bits per heavy atom. The van der Waals surface area contributed by atoms with Crippen LogP contribution < -0.4 is 5.48 Å². The van der Waals surface area contributed by atoms with E-state index in [0.29, 0.717) is 0 Å². The van der Waals surface area contributed by atoms with Gasteiger partial charge in [-0.15, -0.1) is 0 Å². The highest BCUT2D eigenvalue weighted by atomic mass is 16.5. The molecule has 0 bridgehead atoms. The molecule has 1 unspecified atom stereocenters. The van der Waals surface area contributed by atoms with Crippen molar-refractivity contribution in [3.8, 4) is 0 Å². The maximum atomic E-state index is 11.9. The molecule has 2 aromatic carbocycles. The van der Waals surface area contributed by atoms with Gasteiger partial charge >= 0.3 is 0 Å². The van der Waals surface area contributed by atoms with Crippen molar-refractivity contribution in [2.45, 2.75) is 12.5 Å². The van der Waals surface area contributed by atoms with E-state index in [2.05, 4.69) is 5.48 Å². The first-order valence-corrected chi connectivity index (χ1v) is 6.50. The highest BCUT2D eigenvalue weighted by Crippen LogP contribution is 2.16. The quantitative estimate of drug-likeness (QED) is 0.623. The van der Waals surface area contributed by atoms with Crippen molar-refractivity contribution in [1.29, 1.82) is 0 Å². The van der Waals surface area contributed by atoms with E-state index in [0.717, 1.165) is 11.1 Å². The lowest BCUT2D eigenvalue weighted by molar-refractivity contribution is -0.115. The molecule has 2 aromatic rings. The Morgan fingerprint density at radius 2 is 1.65 bits per heavy atom. The van der Waals surface area contributed by atoms with Crippen LogP contribution in [0.15, 0.2) is 66.7 Å². The molecule has 0 fully saturated rings. The number of nitrogens with one attached hydrogen (secondary N) is 1. The monoisotopic (exact) mass is 267 g/mol. The minimum Gasteiger partial charge on any atom is -0.316 e. The van der Waals surface area contributed by atoms with Gasteiger partial charge in [0, 0.05) is 6.42 Å². The van der Waals surface area contributed by atoms with Crippen molar-refractivity contribution in [3.63, 3.8) is 0 Å². The van der Waals surface area contributed by atoms with Crippen LogP contribution in [0.4, 0.5) is 0 Å². The van der Waals surface area contributed by atoms with Gasteiger partial charge in [-0.2, -0.15) is 5.48 Å². The number of benzene rings is 2. The fourth-order valence-corrected chi connectivity index (χ4v) is 1.95. The van der Waals surface area contributed by atoms with Gasteiger partial charge in [0.2, 0.25) is 0 Å². The average molecular weight is 267 g/mol. The van der Waals surface area contributed by atoms with Gasteiger partial charge in [-0.1, -0.05) is 66.7 Å². The minimum absolute atomic E-state index is 0.0377. The molecule has 0 aromatic heterocycles. The van der Waals surface area contributed by atoms with Crippen LogP contribution in [0.25, 0.3) is 6.08 Å². The van der Waals surface area contributed by atoms with Crippen LogP contribution >= 0.6 is 0 Å². The Hall–Kier alpha value is -2.23. The summed E-state index contributed by atoms with van der Waals surface area (Å²) in [6.45, 7) is 0. The van der Waals surface area contributed by atoms with Crippen molar-refractivity contribution in [2.24, 2.45) is 0 Å². The van der Waals surface area contributed by atoms with Crippen molar-refractivity contribution in [2.75, 3.05) is 0 Å². The molecule has 0 radical (unpaired) electrons. The van der Waals surface area contributed by atoms with E-state index in [1.807, 2.05) is 60.7 Å².